The molecular weight excluding hydrogens is 198 g/mol. The standard InChI is InChI=1S/C14H23NO/c1-4-10-15(12(2)13(3)16)11-14-8-6-5-7-9-14/h5-9,12-13,16H,4,10-11H2,1-3H3. The third-order valence-corrected chi connectivity index (χ3v) is 3.01. The first-order valence-electron chi connectivity index (χ1n) is 6.11. The van der Waals surface area contributed by atoms with E-state index in [2.05, 4.69) is 43.0 Å². The molecule has 90 valence electrons. The highest BCUT2D eigenvalue weighted by atomic mass is 16.3. The monoisotopic (exact) mass is 221 g/mol. The van der Waals surface area contributed by atoms with Gasteiger partial charge in [-0.05, 0) is 32.4 Å². The van der Waals surface area contributed by atoms with Crippen LogP contribution in [0.4, 0.5) is 0 Å². The Hall–Kier alpha value is -0.860. The summed E-state index contributed by atoms with van der Waals surface area (Å²) in [5, 5.41) is 9.65. The average Bonchev–Trinajstić information content (AvgIpc) is 2.29. The second-order valence-electron chi connectivity index (χ2n) is 4.44. The quantitative estimate of drug-likeness (QED) is 0.798. The second-order valence-corrected chi connectivity index (χ2v) is 4.44. The van der Waals surface area contributed by atoms with Crippen LogP contribution in [-0.4, -0.2) is 28.7 Å². The zero-order valence-electron chi connectivity index (χ0n) is 10.6. The van der Waals surface area contributed by atoms with Crippen molar-refractivity contribution in [2.45, 2.75) is 45.9 Å². The number of aliphatic hydroxyl groups excluding tert-OH is 1. The molecule has 2 unspecified atom stereocenters. The van der Waals surface area contributed by atoms with Crippen molar-refractivity contribution < 1.29 is 5.11 Å². The van der Waals surface area contributed by atoms with Crippen LogP contribution in [0.1, 0.15) is 32.8 Å². The molecule has 0 saturated heterocycles. The van der Waals surface area contributed by atoms with Crippen LogP contribution < -0.4 is 0 Å². The van der Waals surface area contributed by atoms with Crippen molar-refractivity contribution in [1.82, 2.24) is 4.90 Å². The molecule has 1 N–H and O–H groups in total. The number of rotatable bonds is 6. The van der Waals surface area contributed by atoms with Gasteiger partial charge in [0.2, 0.25) is 0 Å². The third kappa shape index (κ3) is 3.95. The first-order valence-corrected chi connectivity index (χ1v) is 6.11. The van der Waals surface area contributed by atoms with Crippen LogP contribution >= 0.6 is 0 Å². The highest BCUT2D eigenvalue weighted by molar-refractivity contribution is 5.14. The van der Waals surface area contributed by atoms with Crippen LogP contribution in [0, 0.1) is 0 Å². The summed E-state index contributed by atoms with van der Waals surface area (Å²) in [6.07, 6.45) is 0.833. The summed E-state index contributed by atoms with van der Waals surface area (Å²) in [5.74, 6) is 0. The van der Waals surface area contributed by atoms with E-state index in [1.165, 1.54) is 5.56 Å². The Morgan fingerprint density at radius 2 is 1.81 bits per heavy atom. The molecule has 1 aromatic rings. The van der Waals surface area contributed by atoms with Crippen molar-refractivity contribution >= 4 is 0 Å². The van der Waals surface area contributed by atoms with Crippen molar-refractivity contribution in [2.75, 3.05) is 6.54 Å². The molecule has 0 aliphatic heterocycles. The molecule has 2 heteroatoms. The summed E-state index contributed by atoms with van der Waals surface area (Å²) in [7, 11) is 0. The summed E-state index contributed by atoms with van der Waals surface area (Å²) < 4.78 is 0. The Bertz CT molecular complexity index is 284. The molecule has 1 aromatic carbocycles. The third-order valence-electron chi connectivity index (χ3n) is 3.01. The van der Waals surface area contributed by atoms with Crippen LogP contribution in [-0.2, 0) is 6.54 Å². The van der Waals surface area contributed by atoms with Crippen LogP contribution in [0.25, 0.3) is 0 Å². The van der Waals surface area contributed by atoms with E-state index in [9.17, 15) is 5.11 Å². The maximum atomic E-state index is 9.65. The Morgan fingerprint density at radius 1 is 1.19 bits per heavy atom. The minimum Gasteiger partial charge on any atom is -0.392 e. The van der Waals surface area contributed by atoms with Gasteiger partial charge in [0.25, 0.3) is 0 Å². The van der Waals surface area contributed by atoms with Gasteiger partial charge < -0.3 is 5.11 Å². The number of hydrogen-bond acceptors (Lipinski definition) is 2. The van der Waals surface area contributed by atoms with Crippen molar-refractivity contribution in [3.63, 3.8) is 0 Å². The van der Waals surface area contributed by atoms with Crippen LogP contribution in [0.5, 0.6) is 0 Å². The molecule has 0 aliphatic rings. The van der Waals surface area contributed by atoms with Gasteiger partial charge in [0.1, 0.15) is 0 Å². The first-order chi connectivity index (χ1) is 7.65. The fraction of sp³-hybridized carbons (Fsp3) is 0.571. The lowest BCUT2D eigenvalue weighted by molar-refractivity contribution is 0.0659. The summed E-state index contributed by atoms with van der Waals surface area (Å²) in [4.78, 5) is 2.33. The van der Waals surface area contributed by atoms with Crippen molar-refractivity contribution in [1.29, 1.82) is 0 Å². The largest absolute Gasteiger partial charge is 0.392 e. The molecule has 0 saturated carbocycles. The summed E-state index contributed by atoms with van der Waals surface area (Å²) in [6.45, 7) is 8.07. The highest BCUT2D eigenvalue weighted by Crippen LogP contribution is 2.11. The Morgan fingerprint density at radius 3 is 2.31 bits per heavy atom. The molecule has 2 nitrogen and oxygen atoms in total. The van der Waals surface area contributed by atoms with Crippen molar-refractivity contribution in [3.05, 3.63) is 35.9 Å². The minimum absolute atomic E-state index is 0.208. The molecule has 0 bridgehead atoms. The zero-order chi connectivity index (χ0) is 12.0. The van der Waals surface area contributed by atoms with Crippen LogP contribution in [0.15, 0.2) is 30.3 Å². The Labute approximate surface area is 98.9 Å². The first kappa shape index (κ1) is 13.2. The van der Waals surface area contributed by atoms with Gasteiger partial charge in [-0.2, -0.15) is 0 Å². The van der Waals surface area contributed by atoms with Gasteiger partial charge in [-0.25, -0.2) is 0 Å². The summed E-state index contributed by atoms with van der Waals surface area (Å²) >= 11 is 0. The van der Waals surface area contributed by atoms with E-state index in [0.717, 1.165) is 19.5 Å². The highest BCUT2D eigenvalue weighted by Gasteiger charge is 2.17. The van der Waals surface area contributed by atoms with E-state index in [1.54, 1.807) is 0 Å². The van der Waals surface area contributed by atoms with E-state index < -0.39 is 0 Å². The Kier molecular flexibility index (Phi) is 5.50. The van der Waals surface area contributed by atoms with Gasteiger partial charge in [-0.15, -0.1) is 0 Å². The van der Waals surface area contributed by atoms with E-state index in [1.807, 2.05) is 13.0 Å². The van der Waals surface area contributed by atoms with Gasteiger partial charge in [0.05, 0.1) is 6.10 Å². The molecule has 0 amide bonds. The Balaban J connectivity index is 2.64. The fourth-order valence-electron chi connectivity index (χ4n) is 1.84. The van der Waals surface area contributed by atoms with E-state index in [4.69, 9.17) is 0 Å². The minimum atomic E-state index is -0.282. The van der Waals surface area contributed by atoms with Gasteiger partial charge in [-0.3, -0.25) is 4.90 Å². The number of nitrogens with zero attached hydrogens (tertiary/aromatic N) is 1. The normalized spacial score (nSPS) is 15.1. The summed E-state index contributed by atoms with van der Waals surface area (Å²) in [5.41, 5.74) is 1.31. The molecular formula is C14H23NO. The molecule has 0 heterocycles. The molecule has 1 rings (SSSR count). The second kappa shape index (κ2) is 6.66. The lowest BCUT2D eigenvalue weighted by Gasteiger charge is -2.30. The van der Waals surface area contributed by atoms with E-state index in [0.29, 0.717) is 0 Å². The molecule has 16 heavy (non-hydrogen) atoms. The number of benzene rings is 1. The van der Waals surface area contributed by atoms with E-state index in [-0.39, 0.29) is 12.1 Å². The molecule has 0 fully saturated rings. The van der Waals surface area contributed by atoms with Gasteiger partial charge in [0, 0.05) is 12.6 Å². The maximum Gasteiger partial charge on any atom is 0.0664 e. The van der Waals surface area contributed by atoms with Gasteiger partial charge in [-0.1, -0.05) is 37.3 Å². The predicted octanol–water partition coefficient (Wildman–Crippen LogP) is 2.67. The lowest BCUT2D eigenvalue weighted by atomic mass is 10.1. The molecule has 0 aromatic heterocycles. The maximum absolute atomic E-state index is 9.65. The van der Waals surface area contributed by atoms with Gasteiger partial charge in [0.15, 0.2) is 0 Å². The number of aliphatic hydroxyl groups is 1. The van der Waals surface area contributed by atoms with Crippen molar-refractivity contribution in [3.8, 4) is 0 Å². The van der Waals surface area contributed by atoms with Gasteiger partial charge >= 0.3 is 0 Å². The van der Waals surface area contributed by atoms with Crippen molar-refractivity contribution in [2.24, 2.45) is 0 Å². The average molecular weight is 221 g/mol. The summed E-state index contributed by atoms with van der Waals surface area (Å²) in [6, 6.07) is 10.6. The van der Waals surface area contributed by atoms with Crippen LogP contribution in [0.3, 0.4) is 0 Å². The molecule has 0 spiro atoms. The number of hydrogen-bond donors (Lipinski definition) is 1. The molecule has 0 radical (unpaired) electrons. The fourth-order valence-corrected chi connectivity index (χ4v) is 1.84. The van der Waals surface area contributed by atoms with E-state index >= 15 is 0 Å². The SMILES string of the molecule is CCCN(Cc1ccccc1)C(C)C(C)O. The molecule has 0 aliphatic carbocycles. The zero-order valence-corrected chi connectivity index (χ0v) is 10.6. The van der Waals surface area contributed by atoms with Crippen LogP contribution in [0.2, 0.25) is 0 Å². The molecule has 2 atom stereocenters. The smallest absolute Gasteiger partial charge is 0.0664 e. The predicted molar refractivity (Wildman–Crippen MR) is 68.3 cm³/mol. The lowest BCUT2D eigenvalue weighted by Crippen LogP contribution is -2.40. The topological polar surface area (TPSA) is 23.5 Å².